The number of rotatable bonds is 7. The summed E-state index contributed by atoms with van der Waals surface area (Å²) >= 11 is 0. The molecule has 116 valence electrons. The number of Topliss-reactive ketones (excluding diaryl/α,β-unsaturated/α-hetero) is 1. The topological polar surface area (TPSA) is 29.5 Å². The number of ether oxygens (including phenoxy) is 1. The molecule has 0 heterocycles. The molecule has 0 aromatic rings. The minimum absolute atomic E-state index is 0.00739. The van der Waals surface area contributed by atoms with Gasteiger partial charge in [-0.2, -0.15) is 0 Å². The van der Waals surface area contributed by atoms with E-state index >= 15 is 0 Å². The first-order valence-electron chi connectivity index (χ1n) is 7.69. The normalized spacial score (nSPS) is 23.6. The number of ketones is 1. The number of hydrogen-bond donors (Lipinski definition) is 0. The Bertz CT molecular complexity index is 358. The van der Waals surface area contributed by atoms with Gasteiger partial charge in [0.2, 0.25) is 0 Å². The number of carbonyl (C=O) groups excluding carboxylic acids is 1. The average molecular weight is 281 g/mol. The Hall–Kier alpha value is -0.670. The Kier molecular flexibility index (Phi) is 6.41. The molecular formula is C17H31NO2. The molecule has 1 aliphatic carbocycles. The van der Waals surface area contributed by atoms with E-state index in [0.29, 0.717) is 18.8 Å². The van der Waals surface area contributed by atoms with Crippen LogP contribution in [0.25, 0.3) is 0 Å². The minimum Gasteiger partial charge on any atom is -0.377 e. The highest BCUT2D eigenvalue weighted by Gasteiger charge is 2.37. The Morgan fingerprint density at radius 1 is 1.50 bits per heavy atom. The van der Waals surface area contributed by atoms with E-state index in [9.17, 15) is 4.79 Å². The zero-order valence-electron chi connectivity index (χ0n) is 14.0. The zero-order valence-corrected chi connectivity index (χ0v) is 14.0. The summed E-state index contributed by atoms with van der Waals surface area (Å²) in [7, 11) is 4.05. The van der Waals surface area contributed by atoms with Crippen molar-refractivity contribution >= 4 is 5.78 Å². The molecule has 0 amide bonds. The average Bonchev–Trinajstić information content (AvgIpc) is 2.26. The van der Waals surface area contributed by atoms with Gasteiger partial charge < -0.3 is 9.64 Å². The Balaban J connectivity index is 2.52. The quantitative estimate of drug-likeness (QED) is 0.671. The van der Waals surface area contributed by atoms with E-state index in [2.05, 4.69) is 31.7 Å². The van der Waals surface area contributed by atoms with Crippen LogP contribution in [0.1, 0.15) is 47.0 Å². The molecule has 2 unspecified atom stereocenters. The first kappa shape index (κ1) is 17.4. The second-order valence-electron chi connectivity index (χ2n) is 7.06. The fraction of sp³-hybridized carbons (Fsp3) is 0.824. The third-order valence-electron chi connectivity index (χ3n) is 4.24. The van der Waals surface area contributed by atoms with Crippen molar-refractivity contribution in [3.05, 3.63) is 11.6 Å². The first-order chi connectivity index (χ1) is 9.24. The predicted octanol–water partition coefficient (Wildman–Crippen LogP) is 3.29. The lowest BCUT2D eigenvalue weighted by Crippen LogP contribution is -2.36. The van der Waals surface area contributed by atoms with Crippen LogP contribution in [0.3, 0.4) is 0 Å². The van der Waals surface area contributed by atoms with Gasteiger partial charge in [-0.1, -0.05) is 25.5 Å². The predicted molar refractivity (Wildman–Crippen MR) is 83.9 cm³/mol. The van der Waals surface area contributed by atoms with E-state index in [4.69, 9.17) is 4.74 Å². The van der Waals surface area contributed by atoms with Gasteiger partial charge in [0.25, 0.3) is 0 Å². The summed E-state index contributed by atoms with van der Waals surface area (Å²) in [5, 5.41) is 0. The second kappa shape index (κ2) is 7.37. The molecule has 1 aliphatic rings. The van der Waals surface area contributed by atoms with E-state index in [1.54, 1.807) is 0 Å². The third-order valence-corrected chi connectivity index (χ3v) is 4.24. The molecule has 0 N–H and O–H groups in total. The molecule has 3 heteroatoms. The summed E-state index contributed by atoms with van der Waals surface area (Å²) < 4.78 is 5.74. The van der Waals surface area contributed by atoms with Crippen LogP contribution in [0.5, 0.6) is 0 Å². The van der Waals surface area contributed by atoms with E-state index in [1.165, 1.54) is 5.57 Å². The Morgan fingerprint density at radius 2 is 2.15 bits per heavy atom. The summed E-state index contributed by atoms with van der Waals surface area (Å²) in [5.41, 5.74) is 1.32. The van der Waals surface area contributed by atoms with Crippen LogP contribution in [0, 0.1) is 11.3 Å². The fourth-order valence-corrected chi connectivity index (χ4v) is 3.14. The Morgan fingerprint density at radius 3 is 2.70 bits per heavy atom. The molecule has 3 nitrogen and oxygen atoms in total. The van der Waals surface area contributed by atoms with Gasteiger partial charge in [-0.25, -0.2) is 0 Å². The number of nitrogens with zero attached hydrogens (tertiary/aromatic N) is 1. The lowest BCUT2D eigenvalue weighted by molar-refractivity contribution is -0.127. The van der Waals surface area contributed by atoms with Crippen molar-refractivity contribution in [1.29, 1.82) is 0 Å². The van der Waals surface area contributed by atoms with Gasteiger partial charge >= 0.3 is 0 Å². The van der Waals surface area contributed by atoms with Crippen molar-refractivity contribution in [2.45, 2.75) is 53.1 Å². The highest BCUT2D eigenvalue weighted by Crippen LogP contribution is 2.41. The number of hydrogen-bond acceptors (Lipinski definition) is 3. The van der Waals surface area contributed by atoms with Gasteiger partial charge in [0.05, 0.1) is 12.7 Å². The van der Waals surface area contributed by atoms with Crippen LogP contribution in [-0.4, -0.2) is 44.0 Å². The number of allylic oxidation sites excluding steroid dienone is 2. The SMILES string of the molecule is CC1=CCCC(C)(C)C1C(=O)CC(C)OCCN(C)C. The van der Waals surface area contributed by atoms with Crippen molar-refractivity contribution in [2.75, 3.05) is 27.2 Å². The van der Waals surface area contributed by atoms with Crippen LogP contribution in [-0.2, 0) is 9.53 Å². The molecule has 0 saturated carbocycles. The molecule has 0 spiro atoms. The highest BCUT2D eigenvalue weighted by molar-refractivity contribution is 5.85. The third kappa shape index (κ3) is 5.02. The summed E-state index contributed by atoms with van der Waals surface area (Å²) in [6.07, 6.45) is 4.94. The van der Waals surface area contributed by atoms with Gasteiger partial charge in [0.1, 0.15) is 5.78 Å². The van der Waals surface area contributed by atoms with Crippen molar-refractivity contribution in [3.8, 4) is 0 Å². The molecule has 0 aliphatic heterocycles. The maximum atomic E-state index is 12.6. The summed E-state index contributed by atoms with van der Waals surface area (Å²) in [4.78, 5) is 14.7. The lowest BCUT2D eigenvalue weighted by atomic mass is 9.66. The van der Waals surface area contributed by atoms with Gasteiger partial charge in [-0.05, 0) is 46.2 Å². The van der Waals surface area contributed by atoms with Crippen molar-refractivity contribution in [2.24, 2.45) is 11.3 Å². The Labute approximate surface area is 124 Å². The van der Waals surface area contributed by atoms with Gasteiger partial charge in [-0.15, -0.1) is 0 Å². The smallest absolute Gasteiger partial charge is 0.143 e. The van der Waals surface area contributed by atoms with Gasteiger partial charge in [0, 0.05) is 18.9 Å². The molecule has 2 atom stereocenters. The molecule has 0 aromatic carbocycles. The summed E-state index contributed by atoms with van der Waals surface area (Å²) in [6, 6.07) is 0. The molecule has 1 rings (SSSR count). The van der Waals surface area contributed by atoms with E-state index in [0.717, 1.165) is 19.4 Å². The minimum atomic E-state index is 0.00739. The zero-order chi connectivity index (χ0) is 15.3. The maximum absolute atomic E-state index is 12.6. The largest absolute Gasteiger partial charge is 0.377 e. The standard InChI is InChI=1S/C17H31NO2/c1-13-8-7-9-17(3,4)16(13)15(19)12-14(2)20-11-10-18(5)6/h8,14,16H,7,9-12H2,1-6H3. The molecule has 0 saturated heterocycles. The monoisotopic (exact) mass is 281 g/mol. The van der Waals surface area contributed by atoms with E-state index in [-0.39, 0.29) is 17.4 Å². The van der Waals surface area contributed by atoms with Crippen LogP contribution in [0.15, 0.2) is 11.6 Å². The summed E-state index contributed by atoms with van der Waals surface area (Å²) in [6.45, 7) is 10.1. The fourth-order valence-electron chi connectivity index (χ4n) is 3.14. The summed E-state index contributed by atoms with van der Waals surface area (Å²) in [5.74, 6) is 0.400. The van der Waals surface area contributed by atoms with E-state index in [1.807, 2.05) is 21.0 Å². The maximum Gasteiger partial charge on any atom is 0.143 e. The van der Waals surface area contributed by atoms with Crippen molar-refractivity contribution < 1.29 is 9.53 Å². The first-order valence-corrected chi connectivity index (χ1v) is 7.69. The molecule has 20 heavy (non-hydrogen) atoms. The molecule has 0 bridgehead atoms. The molecular weight excluding hydrogens is 250 g/mol. The van der Waals surface area contributed by atoms with Crippen LogP contribution in [0.2, 0.25) is 0 Å². The molecule has 0 aromatic heterocycles. The lowest BCUT2D eigenvalue weighted by Gasteiger charge is -2.37. The van der Waals surface area contributed by atoms with Gasteiger partial charge in [0.15, 0.2) is 0 Å². The van der Waals surface area contributed by atoms with Gasteiger partial charge in [-0.3, -0.25) is 4.79 Å². The molecule has 0 radical (unpaired) electrons. The number of likely N-dealkylation sites (N-methyl/N-ethyl adjacent to an activating group) is 1. The van der Waals surface area contributed by atoms with E-state index < -0.39 is 0 Å². The molecule has 0 fully saturated rings. The number of carbonyl (C=O) groups is 1. The van der Waals surface area contributed by atoms with Crippen LogP contribution >= 0.6 is 0 Å². The second-order valence-corrected chi connectivity index (χ2v) is 7.06. The van der Waals surface area contributed by atoms with Crippen LogP contribution in [0.4, 0.5) is 0 Å². The van der Waals surface area contributed by atoms with Crippen molar-refractivity contribution in [3.63, 3.8) is 0 Å². The van der Waals surface area contributed by atoms with Crippen LogP contribution < -0.4 is 0 Å². The highest BCUT2D eigenvalue weighted by atomic mass is 16.5. The van der Waals surface area contributed by atoms with Crippen molar-refractivity contribution in [1.82, 2.24) is 4.90 Å².